The van der Waals surface area contributed by atoms with Crippen molar-refractivity contribution in [2.24, 2.45) is 0 Å². The number of benzene rings is 2. The van der Waals surface area contributed by atoms with Gasteiger partial charge in [0.25, 0.3) is 5.91 Å². The van der Waals surface area contributed by atoms with Crippen LogP contribution in [0.25, 0.3) is 0 Å². The molecule has 0 aliphatic rings. The van der Waals surface area contributed by atoms with Gasteiger partial charge in [0.15, 0.2) is 0 Å². The fourth-order valence-electron chi connectivity index (χ4n) is 2.05. The normalized spacial score (nSPS) is 10.2. The van der Waals surface area contributed by atoms with Gasteiger partial charge in [-0.1, -0.05) is 18.2 Å². The highest BCUT2D eigenvalue weighted by atomic mass is 19.1. The molecule has 1 amide bonds. The summed E-state index contributed by atoms with van der Waals surface area (Å²) in [4.78, 5) is 13.9. The highest BCUT2D eigenvalue weighted by Gasteiger charge is 2.18. The van der Waals surface area contributed by atoms with E-state index in [9.17, 15) is 9.18 Å². The molecule has 2 aromatic carbocycles. The van der Waals surface area contributed by atoms with E-state index in [0.29, 0.717) is 22.6 Å². The second-order valence-electron chi connectivity index (χ2n) is 4.71. The van der Waals surface area contributed by atoms with Crippen LogP contribution < -0.4 is 10.5 Å². The van der Waals surface area contributed by atoms with Crippen molar-refractivity contribution in [3.05, 3.63) is 59.4 Å². The maximum atomic E-state index is 13.6. The summed E-state index contributed by atoms with van der Waals surface area (Å²) in [6, 6.07) is 11.2. The molecule has 0 radical (unpaired) electrons. The molecular weight excluding hydrogens is 271 g/mol. The van der Waals surface area contributed by atoms with E-state index in [1.807, 2.05) is 0 Å². The maximum Gasteiger partial charge on any atom is 0.257 e. The van der Waals surface area contributed by atoms with Crippen LogP contribution in [-0.2, 0) is 6.54 Å². The van der Waals surface area contributed by atoms with Crippen LogP contribution in [0.15, 0.2) is 42.5 Å². The number of hydrogen-bond acceptors (Lipinski definition) is 3. The van der Waals surface area contributed by atoms with Gasteiger partial charge < -0.3 is 15.4 Å². The number of hydrogen-bond donors (Lipinski definition) is 1. The first-order chi connectivity index (χ1) is 10.0. The lowest BCUT2D eigenvalue weighted by atomic mass is 10.1. The van der Waals surface area contributed by atoms with E-state index >= 15 is 0 Å². The molecule has 2 aromatic rings. The standard InChI is InChI=1S/C16H17FN2O2/c1-19(10-11-5-3-4-6-14(11)17)16(20)13-9-12(18)7-8-15(13)21-2/h3-9H,10,18H2,1-2H3. The Kier molecular flexibility index (Phi) is 4.42. The summed E-state index contributed by atoms with van der Waals surface area (Å²) in [5.41, 5.74) is 6.99. The lowest BCUT2D eigenvalue weighted by Crippen LogP contribution is -2.27. The van der Waals surface area contributed by atoms with Gasteiger partial charge in [-0.3, -0.25) is 4.79 Å². The molecule has 0 bridgehead atoms. The van der Waals surface area contributed by atoms with Crippen molar-refractivity contribution in [1.82, 2.24) is 4.90 Å². The van der Waals surface area contributed by atoms with Crippen LogP contribution in [0.5, 0.6) is 5.75 Å². The summed E-state index contributed by atoms with van der Waals surface area (Å²) in [5.74, 6) is -0.173. The van der Waals surface area contributed by atoms with Gasteiger partial charge in [-0.15, -0.1) is 0 Å². The Balaban J connectivity index is 2.24. The highest BCUT2D eigenvalue weighted by Crippen LogP contribution is 2.23. The zero-order valence-electron chi connectivity index (χ0n) is 12.0. The molecule has 0 fully saturated rings. The molecule has 110 valence electrons. The summed E-state index contributed by atoms with van der Waals surface area (Å²) < 4.78 is 18.8. The molecule has 0 aromatic heterocycles. The Bertz CT molecular complexity index is 658. The van der Waals surface area contributed by atoms with Gasteiger partial charge in [0, 0.05) is 24.8 Å². The Labute approximate surface area is 122 Å². The summed E-state index contributed by atoms with van der Waals surface area (Å²) in [5, 5.41) is 0. The van der Waals surface area contributed by atoms with Crippen molar-refractivity contribution in [2.45, 2.75) is 6.54 Å². The second kappa shape index (κ2) is 6.26. The number of rotatable bonds is 4. The maximum absolute atomic E-state index is 13.6. The Morgan fingerprint density at radius 3 is 2.67 bits per heavy atom. The van der Waals surface area contributed by atoms with E-state index in [-0.39, 0.29) is 18.3 Å². The fourth-order valence-corrected chi connectivity index (χ4v) is 2.05. The number of anilines is 1. The SMILES string of the molecule is COc1ccc(N)cc1C(=O)N(C)Cc1ccccc1F. The first-order valence-corrected chi connectivity index (χ1v) is 6.45. The smallest absolute Gasteiger partial charge is 0.257 e. The van der Waals surface area contributed by atoms with E-state index in [1.165, 1.54) is 18.1 Å². The van der Waals surface area contributed by atoms with E-state index in [0.717, 1.165) is 0 Å². The van der Waals surface area contributed by atoms with Gasteiger partial charge in [0.1, 0.15) is 11.6 Å². The number of nitrogens with zero attached hydrogens (tertiary/aromatic N) is 1. The molecule has 2 rings (SSSR count). The third-order valence-corrected chi connectivity index (χ3v) is 3.17. The molecule has 5 heteroatoms. The molecule has 0 unspecified atom stereocenters. The van der Waals surface area contributed by atoms with Gasteiger partial charge >= 0.3 is 0 Å². The molecule has 0 spiro atoms. The zero-order chi connectivity index (χ0) is 15.4. The minimum atomic E-state index is -0.336. The van der Waals surface area contributed by atoms with Crippen LogP contribution >= 0.6 is 0 Å². The lowest BCUT2D eigenvalue weighted by Gasteiger charge is -2.19. The summed E-state index contributed by atoms with van der Waals surface area (Å²) in [6.45, 7) is 0.170. The molecule has 2 N–H and O–H groups in total. The van der Waals surface area contributed by atoms with Crippen molar-refractivity contribution in [2.75, 3.05) is 19.9 Å². The molecule has 0 saturated carbocycles. The molecule has 0 saturated heterocycles. The number of methoxy groups -OCH3 is 1. The monoisotopic (exact) mass is 288 g/mol. The minimum absolute atomic E-state index is 0.170. The number of carbonyl (C=O) groups is 1. The molecule has 0 atom stereocenters. The van der Waals surface area contributed by atoms with Crippen molar-refractivity contribution < 1.29 is 13.9 Å². The molecule has 4 nitrogen and oxygen atoms in total. The Morgan fingerprint density at radius 1 is 1.29 bits per heavy atom. The predicted octanol–water partition coefficient (Wildman–Crippen LogP) is 2.69. The average Bonchev–Trinajstić information content (AvgIpc) is 2.48. The third kappa shape index (κ3) is 3.31. The third-order valence-electron chi connectivity index (χ3n) is 3.17. The number of amides is 1. The molecule has 0 heterocycles. The van der Waals surface area contributed by atoms with Gasteiger partial charge in [-0.2, -0.15) is 0 Å². The van der Waals surface area contributed by atoms with Crippen LogP contribution in [0.4, 0.5) is 10.1 Å². The van der Waals surface area contributed by atoms with Crippen LogP contribution in [0, 0.1) is 5.82 Å². The van der Waals surface area contributed by atoms with E-state index in [4.69, 9.17) is 10.5 Å². The van der Waals surface area contributed by atoms with E-state index in [2.05, 4.69) is 0 Å². The lowest BCUT2D eigenvalue weighted by molar-refractivity contribution is 0.0780. The van der Waals surface area contributed by atoms with Crippen molar-refractivity contribution in [3.8, 4) is 5.75 Å². The van der Waals surface area contributed by atoms with Crippen LogP contribution in [0.2, 0.25) is 0 Å². The summed E-state index contributed by atoms with van der Waals surface area (Å²) >= 11 is 0. The van der Waals surface area contributed by atoms with Gasteiger partial charge in [0.2, 0.25) is 0 Å². The first-order valence-electron chi connectivity index (χ1n) is 6.45. The largest absolute Gasteiger partial charge is 0.496 e. The predicted molar refractivity (Wildman–Crippen MR) is 79.6 cm³/mol. The minimum Gasteiger partial charge on any atom is -0.496 e. The number of ether oxygens (including phenoxy) is 1. The van der Waals surface area contributed by atoms with Gasteiger partial charge in [0.05, 0.1) is 12.7 Å². The van der Waals surface area contributed by atoms with Gasteiger partial charge in [-0.05, 0) is 24.3 Å². The highest BCUT2D eigenvalue weighted by molar-refractivity contribution is 5.97. The second-order valence-corrected chi connectivity index (χ2v) is 4.71. The quantitative estimate of drug-likeness (QED) is 0.880. The number of nitrogens with two attached hydrogens (primary N) is 1. The van der Waals surface area contributed by atoms with Crippen LogP contribution in [-0.4, -0.2) is 25.0 Å². The van der Waals surface area contributed by atoms with Crippen LogP contribution in [0.3, 0.4) is 0 Å². The zero-order valence-corrected chi connectivity index (χ0v) is 12.0. The Morgan fingerprint density at radius 2 is 2.00 bits per heavy atom. The topological polar surface area (TPSA) is 55.6 Å². The first kappa shape index (κ1) is 14.8. The summed E-state index contributed by atoms with van der Waals surface area (Å²) in [7, 11) is 3.09. The van der Waals surface area contributed by atoms with Gasteiger partial charge in [-0.25, -0.2) is 4.39 Å². The Hall–Kier alpha value is -2.56. The van der Waals surface area contributed by atoms with Crippen molar-refractivity contribution in [3.63, 3.8) is 0 Å². The number of nitrogen functional groups attached to an aromatic ring is 1. The fraction of sp³-hybridized carbons (Fsp3) is 0.188. The number of carbonyl (C=O) groups excluding carboxylic acids is 1. The van der Waals surface area contributed by atoms with Crippen LogP contribution in [0.1, 0.15) is 15.9 Å². The van der Waals surface area contributed by atoms with Crippen molar-refractivity contribution in [1.29, 1.82) is 0 Å². The molecule has 0 aliphatic carbocycles. The van der Waals surface area contributed by atoms with E-state index in [1.54, 1.807) is 43.4 Å². The van der Waals surface area contributed by atoms with E-state index < -0.39 is 0 Å². The number of halogens is 1. The molecule has 21 heavy (non-hydrogen) atoms. The summed E-state index contributed by atoms with van der Waals surface area (Å²) in [6.07, 6.45) is 0. The molecule has 0 aliphatic heterocycles. The molecular formula is C16H17FN2O2. The van der Waals surface area contributed by atoms with Crippen molar-refractivity contribution >= 4 is 11.6 Å². The average molecular weight is 288 g/mol.